The van der Waals surface area contributed by atoms with Crippen molar-refractivity contribution in [2.75, 3.05) is 18.6 Å². The largest absolute Gasteiger partial charge is 0.482 e. The maximum absolute atomic E-state index is 13.5. The van der Waals surface area contributed by atoms with Gasteiger partial charge in [-0.3, -0.25) is 19.0 Å². The van der Waals surface area contributed by atoms with Crippen molar-refractivity contribution in [3.8, 4) is 16.9 Å². The van der Waals surface area contributed by atoms with Crippen LogP contribution in [-0.4, -0.2) is 34.9 Å². The van der Waals surface area contributed by atoms with Crippen LogP contribution in [-0.2, 0) is 4.79 Å². The van der Waals surface area contributed by atoms with Crippen LogP contribution in [0.25, 0.3) is 21.3 Å². The Morgan fingerprint density at radius 2 is 1.94 bits per heavy atom. The fraction of sp³-hybridized carbons (Fsp3) is 0.167. The molecule has 3 heterocycles. The Hall–Kier alpha value is -3.30. The summed E-state index contributed by atoms with van der Waals surface area (Å²) in [5, 5.41) is 2.41. The number of rotatable bonds is 4. The summed E-state index contributed by atoms with van der Waals surface area (Å²) in [6, 6.07) is 11.9. The first-order valence-electron chi connectivity index (χ1n) is 10.2. The Kier molecular flexibility index (Phi) is 5.38. The summed E-state index contributed by atoms with van der Waals surface area (Å²) in [6.07, 6.45) is 1.42. The third-order valence-electron chi connectivity index (χ3n) is 5.80. The topological polar surface area (TPSA) is 81.5 Å². The number of carbonyl (C=O) groups is 2. The molecule has 1 amide bonds. The summed E-state index contributed by atoms with van der Waals surface area (Å²) in [5.74, 6) is 0.0933. The summed E-state index contributed by atoms with van der Waals surface area (Å²) in [7, 11) is 1.64. The van der Waals surface area contributed by atoms with E-state index in [1.54, 1.807) is 32.2 Å². The Balaban J connectivity index is 1.54. The lowest BCUT2D eigenvalue weighted by Gasteiger charge is -2.26. The van der Waals surface area contributed by atoms with Gasteiger partial charge in [-0.25, -0.2) is 4.98 Å². The first kappa shape index (κ1) is 21.5. The number of likely N-dealkylation sites (N-methyl/N-ethyl adjacent to an activating group) is 1. The van der Waals surface area contributed by atoms with Crippen molar-refractivity contribution in [1.29, 1.82) is 0 Å². The number of nitrogens with zero attached hydrogens (tertiary/aromatic N) is 3. The molecule has 166 valence electrons. The van der Waals surface area contributed by atoms with E-state index in [1.165, 1.54) is 27.1 Å². The number of carbonyl (C=O) groups excluding carboxylic acids is 2. The van der Waals surface area contributed by atoms with Gasteiger partial charge in [-0.05, 0) is 42.8 Å². The van der Waals surface area contributed by atoms with Crippen molar-refractivity contribution >= 4 is 54.9 Å². The molecule has 9 heteroatoms. The molecule has 0 N–H and O–H groups in total. The molecule has 1 aliphatic heterocycles. The number of anilines is 1. The highest BCUT2D eigenvalue weighted by molar-refractivity contribution is 9.10. The number of hydrogen-bond donors (Lipinski definition) is 0. The number of Topliss-reactive ketones (excluding diaryl/α,β-unsaturated/α-hetero) is 1. The lowest BCUT2D eigenvalue weighted by molar-refractivity contribution is -0.120. The van der Waals surface area contributed by atoms with Gasteiger partial charge < -0.3 is 9.64 Å². The van der Waals surface area contributed by atoms with Crippen LogP contribution < -0.4 is 15.2 Å². The van der Waals surface area contributed by atoms with Crippen molar-refractivity contribution in [3.63, 3.8) is 0 Å². The van der Waals surface area contributed by atoms with Crippen LogP contribution >= 0.6 is 27.3 Å². The molecule has 0 aliphatic carbocycles. The second-order valence-electron chi connectivity index (χ2n) is 7.76. The van der Waals surface area contributed by atoms with E-state index in [0.29, 0.717) is 27.2 Å². The summed E-state index contributed by atoms with van der Waals surface area (Å²) >= 11 is 4.82. The maximum atomic E-state index is 13.5. The zero-order valence-electron chi connectivity index (χ0n) is 17.7. The van der Waals surface area contributed by atoms with Gasteiger partial charge in [0, 0.05) is 28.0 Å². The molecule has 0 fully saturated rings. The van der Waals surface area contributed by atoms with Gasteiger partial charge in [-0.15, -0.1) is 11.3 Å². The maximum Gasteiger partial charge on any atom is 0.264 e. The Morgan fingerprint density at radius 1 is 1.18 bits per heavy atom. The summed E-state index contributed by atoms with van der Waals surface area (Å²) in [6.45, 7) is 1.64. The third-order valence-corrected chi connectivity index (χ3v) is 7.22. The predicted octanol–water partition coefficient (Wildman–Crippen LogP) is 4.69. The monoisotopic (exact) mass is 523 g/mol. The molecule has 0 bridgehead atoms. The number of halogens is 1. The predicted molar refractivity (Wildman–Crippen MR) is 131 cm³/mol. The highest BCUT2D eigenvalue weighted by atomic mass is 79.9. The zero-order valence-corrected chi connectivity index (χ0v) is 20.1. The number of hydrogen-bond acceptors (Lipinski definition) is 6. The minimum absolute atomic E-state index is 0.0321. The van der Waals surface area contributed by atoms with Crippen LogP contribution in [0.1, 0.15) is 23.3 Å². The number of ketones is 1. The van der Waals surface area contributed by atoms with Gasteiger partial charge in [-0.2, -0.15) is 0 Å². The van der Waals surface area contributed by atoms with Gasteiger partial charge in [0.05, 0.1) is 23.4 Å². The molecule has 1 atom stereocenters. The van der Waals surface area contributed by atoms with E-state index in [-0.39, 0.29) is 23.9 Å². The lowest BCUT2D eigenvalue weighted by atomic mass is 10.0. The molecule has 2 aromatic heterocycles. The molecular formula is C24H18BrN3O4S. The Labute approximate surface area is 201 Å². The summed E-state index contributed by atoms with van der Waals surface area (Å²) < 4.78 is 7.75. The van der Waals surface area contributed by atoms with Crippen LogP contribution in [0.15, 0.2) is 63.4 Å². The van der Waals surface area contributed by atoms with E-state index in [0.717, 1.165) is 15.6 Å². The fourth-order valence-corrected chi connectivity index (χ4v) is 5.03. The van der Waals surface area contributed by atoms with Crippen molar-refractivity contribution in [2.24, 2.45) is 0 Å². The van der Waals surface area contributed by atoms with E-state index in [2.05, 4.69) is 20.9 Å². The average Bonchev–Trinajstić information content (AvgIpc) is 3.26. The fourth-order valence-electron chi connectivity index (χ4n) is 3.86. The van der Waals surface area contributed by atoms with Gasteiger partial charge >= 0.3 is 0 Å². The number of benzene rings is 2. The van der Waals surface area contributed by atoms with Gasteiger partial charge in [0.25, 0.3) is 11.5 Å². The smallest absolute Gasteiger partial charge is 0.264 e. The minimum Gasteiger partial charge on any atom is -0.482 e. The number of thiophene rings is 1. The molecule has 7 nitrogen and oxygen atoms in total. The number of aromatic nitrogens is 2. The third kappa shape index (κ3) is 3.67. The lowest BCUT2D eigenvalue weighted by Crippen LogP contribution is -2.35. The molecule has 33 heavy (non-hydrogen) atoms. The van der Waals surface area contributed by atoms with Crippen molar-refractivity contribution in [2.45, 2.75) is 13.0 Å². The van der Waals surface area contributed by atoms with Crippen molar-refractivity contribution in [3.05, 3.63) is 74.6 Å². The molecule has 5 rings (SSSR count). The van der Waals surface area contributed by atoms with Crippen LogP contribution in [0.2, 0.25) is 0 Å². The minimum atomic E-state index is -0.782. The Morgan fingerprint density at radius 3 is 2.70 bits per heavy atom. The van der Waals surface area contributed by atoms with Crippen LogP contribution in [0.5, 0.6) is 5.75 Å². The first-order valence-corrected chi connectivity index (χ1v) is 11.8. The van der Waals surface area contributed by atoms with E-state index >= 15 is 0 Å². The number of ether oxygens (including phenoxy) is 1. The second-order valence-corrected chi connectivity index (χ2v) is 9.53. The highest BCUT2D eigenvalue weighted by Crippen LogP contribution is 2.34. The molecule has 0 spiro atoms. The molecule has 0 radical (unpaired) electrons. The zero-order chi connectivity index (χ0) is 23.3. The molecule has 0 saturated carbocycles. The standard InChI is InChI=1S/C24H18BrN3O4S/c1-13(22(30)15-5-8-19-18(9-15)27(2)20(29)10-32-19)28-12-26-23-21(24(28)31)17(11-33-23)14-3-6-16(25)7-4-14/h3-9,11-13H,10H2,1-2H3. The van der Waals surface area contributed by atoms with Gasteiger partial charge in [0.2, 0.25) is 0 Å². The van der Waals surface area contributed by atoms with Crippen LogP contribution in [0, 0.1) is 0 Å². The number of fused-ring (bicyclic) bond motifs is 2. The molecule has 4 aromatic rings. The average molecular weight is 524 g/mol. The summed E-state index contributed by atoms with van der Waals surface area (Å²) in [4.78, 5) is 45.3. The van der Waals surface area contributed by atoms with E-state index < -0.39 is 6.04 Å². The van der Waals surface area contributed by atoms with E-state index in [1.807, 2.05) is 29.6 Å². The molecular weight excluding hydrogens is 506 g/mol. The quantitative estimate of drug-likeness (QED) is 0.362. The van der Waals surface area contributed by atoms with Gasteiger partial charge in [0.1, 0.15) is 10.6 Å². The van der Waals surface area contributed by atoms with Crippen molar-refractivity contribution in [1.82, 2.24) is 9.55 Å². The highest BCUT2D eigenvalue weighted by Gasteiger charge is 2.26. The normalized spacial score (nSPS) is 14.2. The first-order chi connectivity index (χ1) is 15.8. The summed E-state index contributed by atoms with van der Waals surface area (Å²) in [5.41, 5.74) is 2.34. The van der Waals surface area contributed by atoms with Crippen LogP contribution in [0.3, 0.4) is 0 Å². The molecule has 1 aliphatic rings. The molecule has 1 unspecified atom stereocenters. The van der Waals surface area contributed by atoms with E-state index in [4.69, 9.17) is 4.74 Å². The molecule has 2 aromatic carbocycles. The van der Waals surface area contributed by atoms with E-state index in [9.17, 15) is 14.4 Å². The van der Waals surface area contributed by atoms with Gasteiger partial charge in [0.15, 0.2) is 12.4 Å². The van der Waals surface area contributed by atoms with Gasteiger partial charge in [-0.1, -0.05) is 28.1 Å². The Bertz CT molecular complexity index is 1480. The number of amides is 1. The molecule has 0 saturated heterocycles. The second kappa shape index (κ2) is 8.24. The van der Waals surface area contributed by atoms with Crippen molar-refractivity contribution < 1.29 is 14.3 Å². The van der Waals surface area contributed by atoms with Crippen LogP contribution in [0.4, 0.5) is 5.69 Å². The SMILES string of the molecule is CC(C(=O)c1ccc2c(c1)N(C)C(=O)CO2)n1cnc2scc(-c3ccc(Br)cc3)c2c1=O.